The van der Waals surface area contributed by atoms with E-state index in [2.05, 4.69) is 10.6 Å². The van der Waals surface area contributed by atoms with Crippen LogP contribution in [0.2, 0.25) is 10.0 Å². The number of carbonyl (C=O) groups excluding carboxylic acids is 1. The van der Waals surface area contributed by atoms with Gasteiger partial charge in [-0.25, -0.2) is 8.42 Å². The third-order valence-electron chi connectivity index (χ3n) is 4.63. The molecule has 0 saturated carbocycles. The molecule has 2 aromatic carbocycles. The van der Waals surface area contributed by atoms with Crippen molar-refractivity contribution in [3.05, 3.63) is 57.6 Å². The quantitative estimate of drug-likeness (QED) is 0.715. The zero-order valence-corrected chi connectivity index (χ0v) is 17.7. The number of benzene rings is 2. The molecule has 0 fully saturated rings. The molecule has 6 nitrogen and oxygen atoms in total. The number of hydrogen-bond acceptors (Lipinski definition) is 4. The summed E-state index contributed by atoms with van der Waals surface area (Å²) in [6, 6.07) is 10.5. The molecule has 150 valence electrons. The first-order valence-corrected chi connectivity index (χ1v) is 11.2. The van der Waals surface area contributed by atoms with Gasteiger partial charge in [-0.15, -0.1) is 0 Å². The van der Waals surface area contributed by atoms with Crippen LogP contribution in [0.5, 0.6) is 0 Å². The summed E-state index contributed by atoms with van der Waals surface area (Å²) in [5.74, 6) is -0.167. The molecule has 2 aromatic rings. The molecule has 3 rings (SSSR count). The molecule has 0 bridgehead atoms. The van der Waals surface area contributed by atoms with Gasteiger partial charge >= 0.3 is 0 Å². The van der Waals surface area contributed by atoms with E-state index in [1.165, 1.54) is 4.31 Å². The molecule has 1 amide bonds. The predicted octanol–water partition coefficient (Wildman–Crippen LogP) is 3.75. The third kappa shape index (κ3) is 4.78. The summed E-state index contributed by atoms with van der Waals surface area (Å²) in [5, 5.41) is 6.76. The Morgan fingerprint density at radius 3 is 2.71 bits per heavy atom. The highest BCUT2D eigenvalue weighted by Gasteiger charge is 2.26. The molecule has 1 aliphatic heterocycles. The number of halogens is 2. The van der Waals surface area contributed by atoms with Crippen LogP contribution in [-0.4, -0.2) is 37.5 Å². The molecule has 1 heterocycles. The number of nitrogens with one attached hydrogen (secondary N) is 2. The molecule has 0 unspecified atom stereocenters. The van der Waals surface area contributed by atoms with Gasteiger partial charge in [0, 0.05) is 23.8 Å². The summed E-state index contributed by atoms with van der Waals surface area (Å²) < 4.78 is 25.8. The SMILES string of the molecule is CCS(=O)(=O)N1CCc2c(cccc2NCC(=O)Nc2cc(Cl)ccc2Cl)C1. The van der Waals surface area contributed by atoms with Gasteiger partial charge in [-0.05, 0) is 48.7 Å². The van der Waals surface area contributed by atoms with Gasteiger partial charge in [-0.1, -0.05) is 35.3 Å². The number of sulfonamides is 1. The monoisotopic (exact) mass is 441 g/mol. The van der Waals surface area contributed by atoms with Gasteiger partial charge in [0.05, 0.1) is 23.0 Å². The molecule has 2 N–H and O–H groups in total. The standard InChI is InChI=1S/C19H21Cl2N3O3S/c1-2-28(26,27)24-9-8-15-13(12-24)4-3-5-17(15)22-11-19(25)23-18-10-14(20)6-7-16(18)21/h3-7,10,22H,2,8-9,11-12H2,1H3,(H,23,25). The minimum absolute atomic E-state index is 0.0519. The fourth-order valence-corrected chi connectivity index (χ4v) is 4.54. The van der Waals surface area contributed by atoms with Gasteiger partial charge in [-0.3, -0.25) is 4.79 Å². The van der Waals surface area contributed by atoms with Crippen molar-refractivity contribution >= 4 is 50.5 Å². The normalized spacial score (nSPS) is 14.4. The summed E-state index contributed by atoms with van der Waals surface area (Å²) in [6.07, 6.45) is 0.597. The van der Waals surface area contributed by atoms with Crippen molar-refractivity contribution in [2.75, 3.05) is 29.5 Å². The Bertz CT molecular complexity index is 996. The van der Waals surface area contributed by atoms with Crippen molar-refractivity contribution in [3.63, 3.8) is 0 Å². The van der Waals surface area contributed by atoms with Crippen molar-refractivity contribution < 1.29 is 13.2 Å². The molecule has 0 atom stereocenters. The molecule has 28 heavy (non-hydrogen) atoms. The molecule has 0 aromatic heterocycles. The van der Waals surface area contributed by atoms with Crippen LogP contribution in [-0.2, 0) is 27.8 Å². The van der Waals surface area contributed by atoms with E-state index in [1.54, 1.807) is 25.1 Å². The number of carbonyl (C=O) groups is 1. The third-order valence-corrected chi connectivity index (χ3v) is 7.02. The van der Waals surface area contributed by atoms with Crippen LogP contribution < -0.4 is 10.6 Å². The summed E-state index contributed by atoms with van der Waals surface area (Å²) in [4.78, 5) is 12.3. The maximum Gasteiger partial charge on any atom is 0.243 e. The topological polar surface area (TPSA) is 78.5 Å². The van der Waals surface area contributed by atoms with Gasteiger partial charge in [0.15, 0.2) is 0 Å². The summed E-state index contributed by atoms with van der Waals surface area (Å²) in [6.45, 7) is 2.49. The first-order valence-electron chi connectivity index (χ1n) is 8.87. The van der Waals surface area contributed by atoms with Gasteiger partial charge in [0.25, 0.3) is 0 Å². The van der Waals surface area contributed by atoms with Crippen LogP contribution in [0.4, 0.5) is 11.4 Å². The number of anilines is 2. The Hall–Kier alpha value is -1.80. The molecule has 0 saturated heterocycles. The lowest BCUT2D eigenvalue weighted by Crippen LogP contribution is -2.37. The molecule has 0 spiro atoms. The van der Waals surface area contributed by atoms with E-state index in [-0.39, 0.29) is 18.2 Å². The molecule has 0 radical (unpaired) electrons. The first-order chi connectivity index (χ1) is 13.3. The van der Waals surface area contributed by atoms with Crippen LogP contribution in [0.15, 0.2) is 36.4 Å². The highest BCUT2D eigenvalue weighted by Crippen LogP contribution is 2.28. The minimum Gasteiger partial charge on any atom is -0.376 e. The smallest absolute Gasteiger partial charge is 0.243 e. The highest BCUT2D eigenvalue weighted by molar-refractivity contribution is 7.89. The van der Waals surface area contributed by atoms with Crippen molar-refractivity contribution in [1.29, 1.82) is 0 Å². The van der Waals surface area contributed by atoms with E-state index < -0.39 is 10.0 Å². The van der Waals surface area contributed by atoms with Gasteiger partial charge < -0.3 is 10.6 Å². The Morgan fingerprint density at radius 2 is 1.96 bits per heavy atom. The Balaban J connectivity index is 1.67. The Kier molecular flexibility index (Phi) is 6.50. The van der Waals surface area contributed by atoms with Crippen molar-refractivity contribution in [3.8, 4) is 0 Å². The first kappa shape index (κ1) is 20.9. The number of hydrogen-bond donors (Lipinski definition) is 2. The molecular weight excluding hydrogens is 421 g/mol. The highest BCUT2D eigenvalue weighted by atomic mass is 35.5. The van der Waals surface area contributed by atoms with E-state index in [0.717, 1.165) is 16.8 Å². The maximum atomic E-state index is 12.3. The molecule has 0 aliphatic carbocycles. The number of fused-ring (bicyclic) bond motifs is 1. The van der Waals surface area contributed by atoms with Crippen LogP contribution >= 0.6 is 23.2 Å². The fourth-order valence-electron chi connectivity index (χ4n) is 3.13. The van der Waals surface area contributed by atoms with Crippen LogP contribution in [0.3, 0.4) is 0 Å². The second-order valence-corrected chi connectivity index (χ2v) is 9.55. The molecular formula is C19H21Cl2N3O3S. The van der Waals surface area contributed by atoms with Crippen LogP contribution in [0.25, 0.3) is 0 Å². The second-order valence-electron chi connectivity index (χ2n) is 6.45. The maximum absolute atomic E-state index is 12.3. The lowest BCUT2D eigenvalue weighted by atomic mass is 9.99. The number of rotatable bonds is 6. The van der Waals surface area contributed by atoms with Crippen LogP contribution in [0.1, 0.15) is 18.1 Å². The number of amides is 1. The minimum atomic E-state index is -3.22. The van der Waals surface area contributed by atoms with E-state index in [9.17, 15) is 13.2 Å². The van der Waals surface area contributed by atoms with E-state index in [1.807, 2.05) is 18.2 Å². The molecule has 1 aliphatic rings. The van der Waals surface area contributed by atoms with E-state index in [4.69, 9.17) is 23.2 Å². The van der Waals surface area contributed by atoms with E-state index >= 15 is 0 Å². The van der Waals surface area contributed by atoms with Crippen molar-refractivity contribution in [1.82, 2.24) is 4.31 Å². The lowest BCUT2D eigenvalue weighted by molar-refractivity contribution is -0.114. The molecule has 9 heteroatoms. The Labute approximate surface area is 174 Å². The summed E-state index contributed by atoms with van der Waals surface area (Å²) in [7, 11) is -3.22. The zero-order valence-electron chi connectivity index (χ0n) is 15.3. The predicted molar refractivity (Wildman–Crippen MR) is 114 cm³/mol. The zero-order chi connectivity index (χ0) is 20.3. The average molecular weight is 442 g/mol. The van der Waals surface area contributed by atoms with E-state index in [0.29, 0.717) is 35.2 Å². The van der Waals surface area contributed by atoms with Crippen molar-refractivity contribution in [2.24, 2.45) is 0 Å². The largest absolute Gasteiger partial charge is 0.376 e. The Morgan fingerprint density at radius 1 is 1.18 bits per heavy atom. The lowest BCUT2D eigenvalue weighted by Gasteiger charge is -2.29. The number of nitrogens with zero attached hydrogens (tertiary/aromatic N) is 1. The summed E-state index contributed by atoms with van der Waals surface area (Å²) >= 11 is 12.0. The second kappa shape index (κ2) is 8.69. The van der Waals surface area contributed by atoms with Gasteiger partial charge in [0.2, 0.25) is 15.9 Å². The van der Waals surface area contributed by atoms with Gasteiger partial charge in [0.1, 0.15) is 0 Å². The summed E-state index contributed by atoms with van der Waals surface area (Å²) in [5.41, 5.74) is 3.28. The van der Waals surface area contributed by atoms with Gasteiger partial charge in [-0.2, -0.15) is 4.31 Å². The average Bonchev–Trinajstić information content (AvgIpc) is 2.68. The fraction of sp³-hybridized carbons (Fsp3) is 0.316. The van der Waals surface area contributed by atoms with Crippen LogP contribution in [0, 0.1) is 0 Å². The van der Waals surface area contributed by atoms with Crippen molar-refractivity contribution in [2.45, 2.75) is 19.9 Å².